The summed E-state index contributed by atoms with van der Waals surface area (Å²) in [6.45, 7) is 2.61. The maximum Gasteiger partial charge on any atom is 0.414 e. The number of rotatable bonds is 5. The van der Waals surface area contributed by atoms with Crippen molar-refractivity contribution in [2.24, 2.45) is 0 Å². The summed E-state index contributed by atoms with van der Waals surface area (Å²) in [5.41, 5.74) is 1.80. The van der Waals surface area contributed by atoms with Crippen LogP contribution in [0.25, 0.3) is 0 Å². The molecule has 0 atom stereocenters. The number of anilines is 2. The van der Waals surface area contributed by atoms with Gasteiger partial charge >= 0.3 is 6.09 Å². The Bertz CT molecular complexity index is 894. The van der Waals surface area contributed by atoms with Gasteiger partial charge in [0.15, 0.2) is 0 Å². The Morgan fingerprint density at radius 3 is 2.44 bits per heavy atom. The number of benzene rings is 2. The van der Waals surface area contributed by atoms with E-state index < -0.39 is 16.1 Å². The van der Waals surface area contributed by atoms with Gasteiger partial charge in [-0.1, -0.05) is 0 Å². The van der Waals surface area contributed by atoms with E-state index in [0.717, 1.165) is 5.56 Å². The SMILES string of the molecule is COc1ccc(S(=O)(=O)Nc2ccc(N3CCOC3=O)cc2)cc1C. The Labute approximate surface area is 146 Å². The van der Waals surface area contributed by atoms with E-state index in [0.29, 0.717) is 30.3 Å². The van der Waals surface area contributed by atoms with Crippen molar-refractivity contribution in [2.45, 2.75) is 11.8 Å². The van der Waals surface area contributed by atoms with E-state index in [9.17, 15) is 13.2 Å². The zero-order valence-corrected chi connectivity index (χ0v) is 14.7. The van der Waals surface area contributed by atoms with Crippen LogP contribution < -0.4 is 14.4 Å². The van der Waals surface area contributed by atoms with Crippen LogP contribution in [0.2, 0.25) is 0 Å². The van der Waals surface area contributed by atoms with E-state index >= 15 is 0 Å². The summed E-state index contributed by atoms with van der Waals surface area (Å²) in [6.07, 6.45) is -0.401. The lowest BCUT2D eigenvalue weighted by Crippen LogP contribution is -2.23. The molecule has 3 rings (SSSR count). The molecule has 2 aromatic rings. The lowest BCUT2D eigenvalue weighted by atomic mass is 10.2. The summed E-state index contributed by atoms with van der Waals surface area (Å²) in [7, 11) is -2.18. The first-order valence-electron chi connectivity index (χ1n) is 7.62. The molecule has 0 aliphatic carbocycles. The molecule has 0 bridgehead atoms. The number of aryl methyl sites for hydroxylation is 1. The van der Waals surface area contributed by atoms with Crippen LogP contribution in [0, 0.1) is 6.92 Å². The van der Waals surface area contributed by atoms with Crippen molar-refractivity contribution >= 4 is 27.5 Å². The number of carbonyl (C=O) groups excluding carboxylic acids is 1. The van der Waals surface area contributed by atoms with E-state index in [4.69, 9.17) is 9.47 Å². The van der Waals surface area contributed by atoms with Crippen LogP contribution >= 0.6 is 0 Å². The molecule has 132 valence electrons. The topological polar surface area (TPSA) is 84.9 Å². The van der Waals surface area contributed by atoms with Gasteiger partial charge in [-0.05, 0) is 55.0 Å². The number of hydrogen-bond acceptors (Lipinski definition) is 5. The summed E-state index contributed by atoms with van der Waals surface area (Å²) in [4.78, 5) is 13.2. The molecule has 1 heterocycles. The van der Waals surface area contributed by atoms with Gasteiger partial charge in [0.25, 0.3) is 10.0 Å². The standard InChI is InChI=1S/C17H18N2O5S/c1-12-11-15(7-8-16(12)23-2)25(21,22)18-13-3-5-14(6-4-13)19-9-10-24-17(19)20/h3-8,11,18H,9-10H2,1-2H3. The monoisotopic (exact) mass is 362 g/mol. The third-order valence-electron chi connectivity index (χ3n) is 3.87. The molecular weight excluding hydrogens is 344 g/mol. The van der Waals surface area contributed by atoms with Crippen LogP contribution in [-0.4, -0.2) is 34.8 Å². The molecule has 25 heavy (non-hydrogen) atoms. The molecule has 0 spiro atoms. The summed E-state index contributed by atoms with van der Waals surface area (Å²) >= 11 is 0. The van der Waals surface area contributed by atoms with Gasteiger partial charge in [0.1, 0.15) is 12.4 Å². The number of nitrogens with one attached hydrogen (secondary N) is 1. The van der Waals surface area contributed by atoms with E-state index in [1.54, 1.807) is 43.3 Å². The molecule has 0 aromatic heterocycles. The maximum absolute atomic E-state index is 12.5. The zero-order valence-electron chi connectivity index (χ0n) is 13.9. The second-order valence-corrected chi connectivity index (χ2v) is 7.23. The highest BCUT2D eigenvalue weighted by Gasteiger charge is 2.23. The van der Waals surface area contributed by atoms with Crippen LogP contribution in [0.15, 0.2) is 47.4 Å². The molecule has 0 unspecified atom stereocenters. The fraction of sp³-hybridized carbons (Fsp3) is 0.235. The van der Waals surface area contributed by atoms with Gasteiger partial charge < -0.3 is 9.47 Å². The normalized spacial score (nSPS) is 14.3. The first-order valence-corrected chi connectivity index (χ1v) is 9.11. The predicted octanol–water partition coefficient (Wildman–Crippen LogP) is 2.76. The average molecular weight is 362 g/mol. The Kier molecular flexibility index (Phi) is 4.54. The van der Waals surface area contributed by atoms with E-state index in [2.05, 4.69) is 4.72 Å². The van der Waals surface area contributed by atoms with Crippen molar-refractivity contribution in [3.8, 4) is 5.75 Å². The lowest BCUT2D eigenvalue weighted by molar-refractivity contribution is 0.181. The van der Waals surface area contributed by atoms with Crippen molar-refractivity contribution in [1.29, 1.82) is 0 Å². The summed E-state index contributed by atoms with van der Waals surface area (Å²) < 4.78 is 37.6. The minimum Gasteiger partial charge on any atom is -0.496 e. The van der Waals surface area contributed by atoms with Crippen molar-refractivity contribution in [1.82, 2.24) is 0 Å². The number of methoxy groups -OCH3 is 1. The summed E-state index contributed by atoms with van der Waals surface area (Å²) in [6, 6.07) is 11.2. The van der Waals surface area contributed by atoms with Crippen LogP contribution in [0.1, 0.15) is 5.56 Å². The number of sulfonamides is 1. The highest BCUT2D eigenvalue weighted by molar-refractivity contribution is 7.92. The molecule has 1 saturated heterocycles. The van der Waals surface area contributed by atoms with Crippen molar-refractivity contribution in [2.75, 3.05) is 29.9 Å². The van der Waals surface area contributed by atoms with Gasteiger partial charge in [-0.2, -0.15) is 0 Å². The quantitative estimate of drug-likeness (QED) is 0.884. The molecule has 2 aromatic carbocycles. The molecule has 0 radical (unpaired) electrons. The molecular formula is C17H18N2O5S. The van der Waals surface area contributed by atoms with Crippen LogP contribution in [0.5, 0.6) is 5.75 Å². The second-order valence-electron chi connectivity index (χ2n) is 5.55. The number of ether oxygens (including phenoxy) is 2. The number of hydrogen-bond donors (Lipinski definition) is 1. The first kappa shape index (κ1) is 17.1. The van der Waals surface area contributed by atoms with Gasteiger partial charge in [0.05, 0.1) is 18.6 Å². The first-order chi connectivity index (χ1) is 11.9. The smallest absolute Gasteiger partial charge is 0.414 e. The molecule has 1 fully saturated rings. The Morgan fingerprint density at radius 1 is 1.16 bits per heavy atom. The third-order valence-corrected chi connectivity index (χ3v) is 5.25. The number of nitrogens with zero attached hydrogens (tertiary/aromatic N) is 1. The Hall–Kier alpha value is -2.74. The van der Waals surface area contributed by atoms with Crippen molar-refractivity contribution in [3.63, 3.8) is 0 Å². The molecule has 1 N–H and O–H groups in total. The number of carbonyl (C=O) groups is 1. The Balaban J connectivity index is 1.79. The fourth-order valence-electron chi connectivity index (χ4n) is 2.57. The molecule has 1 aliphatic rings. The fourth-order valence-corrected chi connectivity index (χ4v) is 3.71. The molecule has 8 heteroatoms. The van der Waals surface area contributed by atoms with Gasteiger partial charge in [0.2, 0.25) is 0 Å². The van der Waals surface area contributed by atoms with E-state index in [-0.39, 0.29) is 4.90 Å². The molecule has 1 amide bonds. The highest BCUT2D eigenvalue weighted by atomic mass is 32.2. The van der Waals surface area contributed by atoms with Gasteiger partial charge in [-0.3, -0.25) is 9.62 Å². The van der Waals surface area contributed by atoms with Crippen LogP contribution in [0.4, 0.5) is 16.2 Å². The van der Waals surface area contributed by atoms with Crippen molar-refractivity contribution < 1.29 is 22.7 Å². The third kappa shape index (κ3) is 3.53. The number of cyclic esters (lactones) is 1. The van der Waals surface area contributed by atoms with E-state index in [1.807, 2.05) is 0 Å². The van der Waals surface area contributed by atoms with Gasteiger partial charge in [-0.15, -0.1) is 0 Å². The zero-order chi connectivity index (χ0) is 18.0. The van der Waals surface area contributed by atoms with Crippen LogP contribution in [-0.2, 0) is 14.8 Å². The van der Waals surface area contributed by atoms with Gasteiger partial charge in [-0.25, -0.2) is 13.2 Å². The minimum absolute atomic E-state index is 0.151. The summed E-state index contributed by atoms with van der Waals surface area (Å²) in [5.74, 6) is 0.626. The molecule has 7 nitrogen and oxygen atoms in total. The minimum atomic E-state index is -3.71. The predicted molar refractivity (Wildman–Crippen MR) is 93.7 cm³/mol. The highest BCUT2D eigenvalue weighted by Crippen LogP contribution is 2.25. The second kappa shape index (κ2) is 6.64. The van der Waals surface area contributed by atoms with Gasteiger partial charge in [0, 0.05) is 11.4 Å². The van der Waals surface area contributed by atoms with Crippen LogP contribution in [0.3, 0.4) is 0 Å². The molecule has 0 saturated carbocycles. The van der Waals surface area contributed by atoms with E-state index in [1.165, 1.54) is 18.1 Å². The average Bonchev–Trinajstić information content (AvgIpc) is 3.01. The number of amides is 1. The van der Waals surface area contributed by atoms with Crippen molar-refractivity contribution in [3.05, 3.63) is 48.0 Å². The molecule has 1 aliphatic heterocycles. The largest absolute Gasteiger partial charge is 0.496 e. The maximum atomic E-state index is 12.5. The summed E-state index contributed by atoms with van der Waals surface area (Å²) in [5, 5.41) is 0. The Morgan fingerprint density at radius 2 is 1.88 bits per heavy atom. The lowest BCUT2D eigenvalue weighted by Gasteiger charge is -2.14.